The lowest BCUT2D eigenvalue weighted by Crippen LogP contribution is -2.20. The monoisotopic (exact) mass is 295 g/mol. The van der Waals surface area contributed by atoms with E-state index in [-0.39, 0.29) is 6.04 Å². The largest absolute Gasteiger partial charge is 0.306 e. The molecule has 106 valence electrons. The topological polar surface area (TPSA) is 12.0 Å². The maximum Gasteiger partial charge on any atom is 0.159 e. The van der Waals surface area contributed by atoms with Crippen molar-refractivity contribution in [2.75, 3.05) is 0 Å². The third-order valence-corrected chi connectivity index (χ3v) is 3.47. The molecule has 2 aromatic rings. The summed E-state index contributed by atoms with van der Waals surface area (Å²) in [5, 5.41) is 4.03. The highest BCUT2D eigenvalue weighted by atomic mass is 35.5. The molecule has 2 aromatic carbocycles. The molecule has 0 saturated carbocycles. The maximum atomic E-state index is 13.1. The minimum atomic E-state index is -0.821. The lowest BCUT2D eigenvalue weighted by Gasteiger charge is -2.17. The fourth-order valence-electron chi connectivity index (χ4n) is 2.08. The molecule has 4 heteroatoms. The van der Waals surface area contributed by atoms with Crippen molar-refractivity contribution < 1.29 is 8.78 Å². The van der Waals surface area contributed by atoms with E-state index in [0.29, 0.717) is 11.6 Å². The first-order valence-corrected chi connectivity index (χ1v) is 6.90. The fraction of sp³-hybridized carbons (Fsp3) is 0.250. The molecule has 0 bridgehead atoms. The van der Waals surface area contributed by atoms with E-state index in [4.69, 9.17) is 11.6 Å². The number of hydrogen-bond donors (Lipinski definition) is 1. The van der Waals surface area contributed by atoms with E-state index < -0.39 is 11.6 Å². The number of benzene rings is 2. The standard InChI is InChI=1S/C16H16ClF2N/c1-2-16(12-4-6-13(17)7-5-12)20-10-11-3-8-14(18)15(19)9-11/h3-9,16,20H,2,10H2,1H3. The Morgan fingerprint density at radius 2 is 1.75 bits per heavy atom. The van der Waals surface area contributed by atoms with Crippen molar-refractivity contribution >= 4 is 11.6 Å². The Labute approximate surface area is 122 Å². The Morgan fingerprint density at radius 1 is 1.05 bits per heavy atom. The predicted molar refractivity (Wildman–Crippen MR) is 77.7 cm³/mol. The molecule has 2 rings (SSSR count). The minimum absolute atomic E-state index is 0.153. The average Bonchev–Trinajstić information content (AvgIpc) is 2.45. The van der Waals surface area contributed by atoms with Crippen LogP contribution in [0.1, 0.15) is 30.5 Å². The number of nitrogens with one attached hydrogen (secondary N) is 1. The van der Waals surface area contributed by atoms with Gasteiger partial charge in [-0.15, -0.1) is 0 Å². The van der Waals surface area contributed by atoms with Gasteiger partial charge < -0.3 is 5.32 Å². The highest BCUT2D eigenvalue weighted by molar-refractivity contribution is 6.30. The molecule has 1 atom stereocenters. The summed E-state index contributed by atoms with van der Waals surface area (Å²) in [4.78, 5) is 0. The van der Waals surface area contributed by atoms with E-state index in [9.17, 15) is 8.78 Å². The fourth-order valence-corrected chi connectivity index (χ4v) is 2.21. The average molecular weight is 296 g/mol. The van der Waals surface area contributed by atoms with Crippen molar-refractivity contribution in [3.63, 3.8) is 0 Å². The summed E-state index contributed by atoms with van der Waals surface area (Å²) in [7, 11) is 0. The van der Waals surface area contributed by atoms with Gasteiger partial charge in [-0.05, 0) is 41.8 Å². The Balaban J connectivity index is 2.03. The van der Waals surface area contributed by atoms with E-state index in [0.717, 1.165) is 23.6 Å². The summed E-state index contributed by atoms with van der Waals surface area (Å²) < 4.78 is 26.0. The smallest absolute Gasteiger partial charge is 0.159 e. The molecule has 1 unspecified atom stereocenters. The molecule has 0 aromatic heterocycles. The zero-order valence-electron chi connectivity index (χ0n) is 11.2. The summed E-state index contributed by atoms with van der Waals surface area (Å²) >= 11 is 5.87. The van der Waals surface area contributed by atoms with Crippen LogP contribution in [0.4, 0.5) is 8.78 Å². The van der Waals surface area contributed by atoms with E-state index in [2.05, 4.69) is 12.2 Å². The first kappa shape index (κ1) is 14.9. The van der Waals surface area contributed by atoms with Gasteiger partial charge in [0.1, 0.15) is 0 Å². The number of hydrogen-bond acceptors (Lipinski definition) is 1. The van der Waals surface area contributed by atoms with E-state index >= 15 is 0 Å². The molecule has 0 heterocycles. The third kappa shape index (κ3) is 3.78. The molecular weight excluding hydrogens is 280 g/mol. The summed E-state index contributed by atoms with van der Waals surface area (Å²) in [6.07, 6.45) is 0.894. The summed E-state index contributed by atoms with van der Waals surface area (Å²) in [5.74, 6) is -1.64. The van der Waals surface area contributed by atoms with Crippen molar-refractivity contribution in [2.45, 2.75) is 25.9 Å². The SMILES string of the molecule is CCC(NCc1ccc(F)c(F)c1)c1ccc(Cl)cc1. The summed E-state index contributed by atoms with van der Waals surface area (Å²) in [6, 6.07) is 11.7. The van der Waals surface area contributed by atoms with Crippen LogP contribution < -0.4 is 5.32 Å². The first-order valence-electron chi connectivity index (χ1n) is 6.53. The second-order valence-electron chi connectivity index (χ2n) is 4.64. The summed E-state index contributed by atoms with van der Waals surface area (Å²) in [5.41, 5.74) is 1.84. The van der Waals surface area contributed by atoms with Gasteiger partial charge in [0.25, 0.3) is 0 Å². The molecule has 0 aliphatic rings. The van der Waals surface area contributed by atoms with Gasteiger partial charge in [0, 0.05) is 17.6 Å². The third-order valence-electron chi connectivity index (χ3n) is 3.22. The van der Waals surface area contributed by atoms with Gasteiger partial charge in [0.2, 0.25) is 0 Å². The van der Waals surface area contributed by atoms with Crippen LogP contribution in [-0.4, -0.2) is 0 Å². The molecule has 0 aliphatic carbocycles. The second kappa shape index (κ2) is 6.82. The van der Waals surface area contributed by atoms with Gasteiger partial charge in [-0.3, -0.25) is 0 Å². The predicted octanol–water partition coefficient (Wildman–Crippen LogP) is 4.86. The molecule has 1 nitrogen and oxygen atoms in total. The van der Waals surface area contributed by atoms with Crippen LogP contribution in [0.15, 0.2) is 42.5 Å². The quantitative estimate of drug-likeness (QED) is 0.830. The van der Waals surface area contributed by atoms with E-state index in [1.807, 2.05) is 24.3 Å². The van der Waals surface area contributed by atoms with Crippen LogP contribution in [0.3, 0.4) is 0 Å². The summed E-state index contributed by atoms with van der Waals surface area (Å²) in [6.45, 7) is 2.55. The van der Waals surface area contributed by atoms with Gasteiger partial charge in [-0.25, -0.2) is 8.78 Å². The lowest BCUT2D eigenvalue weighted by molar-refractivity contribution is 0.497. The zero-order chi connectivity index (χ0) is 14.5. The zero-order valence-corrected chi connectivity index (χ0v) is 11.9. The molecule has 20 heavy (non-hydrogen) atoms. The van der Waals surface area contributed by atoms with Crippen molar-refractivity contribution in [1.82, 2.24) is 5.32 Å². The maximum absolute atomic E-state index is 13.1. The Kier molecular flexibility index (Phi) is 5.10. The van der Waals surface area contributed by atoms with Gasteiger partial charge >= 0.3 is 0 Å². The van der Waals surface area contributed by atoms with E-state index in [1.54, 1.807) is 6.07 Å². The molecular formula is C16H16ClF2N. The van der Waals surface area contributed by atoms with Crippen LogP contribution in [-0.2, 0) is 6.54 Å². The van der Waals surface area contributed by atoms with Crippen LogP contribution in [0.5, 0.6) is 0 Å². The molecule has 1 N–H and O–H groups in total. The van der Waals surface area contributed by atoms with Crippen LogP contribution >= 0.6 is 11.6 Å². The van der Waals surface area contributed by atoms with Gasteiger partial charge in [0.05, 0.1) is 0 Å². The number of rotatable bonds is 5. The van der Waals surface area contributed by atoms with Crippen LogP contribution in [0.2, 0.25) is 5.02 Å². The van der Waals surface area contributed by atoms with Gasteiger partial charge in [-0.1, -0.05) is 36.7 Å². The molecule has 0 radical (unpaired) electrons. The van der Waals surface area contributed by atoms with Crippen molar-refractivity contribution in [2.24, 2.45) is 0 Å². The highest BCUT2D eigenvalue weighted by Crippen LogP contribution is 2.20. The number of halogens is 3. The first-order chi connectivity index (χ1) is 9.60. The van der Waals surface area contributed by atoms with E-state index in [1.165, 1.54) is 6.07 Å². The second-order valence-corrected chi connectivity index (χ2v) is 5.08. The Morgan fingerprint density at radius 3 is 2.35 bits per heavy atom. The van der Waals surface area contributed by atoms with Crippen LogP contribution in [0, 0.1) is 11.6 Å². The normalized spacial score (nSPS) is 12.4. The van der Waals surface area contributed by atoms with Crippen molar-refractivity contribution in [1.29, 1.82) is 0 Å². The molecule has 0 fully saturated rings. The van der Waals surface area contributed by atoms with Crippen molar-refractivity contribution in [3.05, 3.63) is 70.2 Å². The molecule has 0 aliphatic heterocycles. The van der Waals surface area contributed by atoms with Gasteiger partial charge in [0.15, 0.2) is 11.6 Å². The Bertz CT molecular complexity index is 569. The molecule has 0 amide bonds. The highest BCUT2D eigenvalue weighted by Gasteiger charge is 2.09. The van der Waals surface area contributed by atoms with Gasteiger partial charge in [-0.2, -0.15) is 0 Å². The lowest BCUT2D eigenvalue weighted by atomic mass is 10.0. The van der Waals surface area contributed by atoms with Crippen LogP contribution in [0.25, 0.3) is 0 Å². The molecule has 0 saturated heterocycles. The minimum Gasteiger partial charge on any atom is -0.306 e. The van der Waals surface area contributed by atoms with Crippen molar-refractivity contribution in [3.8, 4) is 0 Å². The molecule has 0 spiro atoms. The Hall–Kier alpha value is -1.45.